The van der Waals surface area contributed by atoms with E-state index in [1.165, 1.54) is 17.9 Å². The number of hydrogen-bond donors (Lipinski definition) is 1. The summed E-state index contributed by atoms with van der Waals surface area (Å²) in [5.74, 6) is -4.94. The van der Waals surface area contributed by atoms with Crippen molar-refractivity contribution in [3.05, 3.63) is 29.5 Å². The van der Waals surface area contributed by atoms with Crippen LogP contribution in [0.1, 0.15) is 18.4 Å². The zero-order chi connectivity index (χ0) is 24.1. The van der Waals surface area contributed by atoms with Crippen molar-refractivity contribution in [3.63, 3.8) is 0 Å². The average molecular weight is 488 g/mol. The number of nitrogens with zero attached hydrogens (tertiary/aromatic N) is 6. The minimum atomic E-state index is -5.13. The third kappa shape index (κ3) is 4.19. The van der Waals surface area contributed by atoms with Crippen molar-refractivity contribution >= 4 is 28.9 Å². The van der Waals surface area contributed by atoms with Gasteiger partial charge in [0.05, 0.1) is 10.9 Å². The van der Waals surface area contributed by atoms with Gasteiger partial charge in [0, 0.05) is 45.0 Å². The molecule has 0 spiro atoms. The van der Waals surface area contributed by atoms with Gasteiger partial charge in [-0.2, -0.15) is 23.3 Å². The van der Waals surface area contributed by atoms with Gasteiger partial charge >= 0.3 is 6.18 Å². The van der Waals surface area contributed by atoms with Crippen LogP contribution >= 0.6 is 11.9 Å². The van der Waals surface area contributed by atoms with E-state index in [0.29, 0.717) is 12.0 Å². The first-order valence-corrected chi connectivity index (χ1v) is 11.2. The SMILES string of the molecule is CSN1CCCC(N(C)c2ncc3c(-c4cc(C(F)(F)F)c(F)c(O)c4F)nn(C)c3n2)C1. The van der Waals surface area contributed by atoms with Crippen molar-refractivity contribution in [2.45, 2.75) is 25.1 Å². The summed E-state index contributed by atoms with van der Waals surface area (Å²) >= 11 is 1.66. The van der Waals surface area contributed by atoms with Crippen molar-refractivity contribution in [1.82, 2.24) is 24.1 Å². The normalized spacial score (nSPS) is 17.6. The topological polar surface area (TPSA) is 70.3 Å². The number of phenolic OH excluding ortho intramolecular Hbond substituents is 1. The van der Waals surface area contributed by atoms with Crippen molar-refractivity contribution < 1.29 is 27.1 Å². The zero-order valence-corrected chi connectivity index (χ0v) is 18.8. The summed E-state index contributed by atoms with van der Waals surface area (Å²) in [6.07, 6.45) is 0.192. The molecule has 13 heteroatoms. The van der Waals surface area contributed by atoms with Crippen LogP contribution in [-0.2, 0) is 13.2 Å². The summed E-state index contributed by atoms with van der Waals surface area (Å²) in [6.45, 7) is 1.81. The molecule has 4 rings (SSSR count). The number of aromatic nitrogens is 4. The molecular weight excluding hydrogens is 467 g/mol. The highest BCUT2D eigenvalue weighted by Gasteiger charge is 2.38. The third-order valence-electron chi connectivity index (χ3n) is 5.79. The predicted molar refractivity (Wildman–Crippen MR) is 115 cm³/mol. The monoisotopic (exact) mass is 488 g/mol. The lowest BCUT2D eigenvalue weighted by molar-refractivity contribution is -0.140. The highest BCUT2D eigenvalue weighted by atomic mass is 32.2. The largest absolute Gasteiger partial charge is 0.503 e. The molecule has 0 radical (unpaired) electrons. The molecule has 1 fully saturated rings. The summed E-state index contributed by atoms with van der Waals surface area (Å²) in [5.41, 5.74) is -2.45. The Bertz CT molecular complexity index is 1200. The lowest BCUT2D eigenvalue weighted by Crippen LogP contribution is -2.44. The standard InChI is InChI=1S/C20H21F5N6OS/c1-29(10-5-4-6-31(9-10)33-3)19-26-8-12-16(28-30(2)18(12)27-19)11-7-13(20(23,24)25)15(22)17(32)14(11)21/h7-8,10,32H,4-6,9H2,1-3H3. The maximum Gasteiger partial charge on any atom is 0.419 e. The number of aryl methyl sites for hydroxylation is 1. The first-order valence-electron chi connectivity index (χ1n) is 10.0. The van der Waals surface area contributed by atoms with Crippen molar-refractivity contribution in [3.8, 4) is 17.0 Å². The quantitative estimate of drug-likeness (QED) is 0.436. The van der Waals surface area contributed by atoms with Crippen LogP contribution in [0.2, 0.25) is 0 Å². The van der Waals surface area contributed by atoms with Crippen LogP contribution in [0.25, 0.3) is 22.3 Å². The van der Waals surface area contributed by atoms with Crippen LogP contribution in [0, 0.1) is 11.6 Å². The van der Waals surface area contributed by atoms with E-state index in [4.69, 9.17) is 0 Å². The molecule has 3 aromatic rings. The maximum atomic E-state index is 14.6. The summed E-state index contributed by atoms with van der Waals surface area (Å²) in [4.78, 5) is 10.8. The second-order valence-corrected chi connectivity index (χ2v) is 8.68. The molecule has 0 amide bonds. The van der Waals surface area contributed by atoms with E-state index >= 15 is 0 Å². The predicted octanol–water partition coefficient (Wildman–Crippen LogP) is 4.21. The van der Waals surface area contributed by atoms with Gasteiger partial charge in [-0.05, 0) is 25.2 Å². The second-order valence-electron chi connectivity index (χ2n) is 7.80. The Balaban J connectivity index is 1.78. The number of rotatable bonds is 4. The Hall–Kier alpha value is -2.67. The van der Waals surface area contributed by atoms with Gasteiger partial charge in [-0.25, -0.2) is 22.8 Å². The third-order valence-corrected chi connectivity index (χ3v) is 6.63. The van der Waals surface area contributed by atoms with Crippen LogP contribution in [0.15, 0.2) is 12.3 Å². The smallest absolute Gasteiger partial charge is 0.419 e. The summed E-state index contributed by atoms with van der Waals surface area (Å²) < 4.78 is 71.7. The average Bonchev–Trinajstić information content (AvgIpc) is 3.12. The molecule has 1 aliphatic rings. The van der Waals surface area contributed by atoms with E-state index in [1.54, 1.807) is 11.9 Å². The van der Waals surface area contributed by atoms with Gasteiger partial charge in [0.25, 0.3) is 0 Å². The number of benzene rings is 1. The Kier molecular flexibility index (Phi) is 6.12. The molecule has 33 heavy (non-hydrogen) atoms. The molecule has 1 aliphatic heterocycles. The fourth-order valence-electron chi connectivity index (χ4n) is 3.96. The number of likely N-dealkylation sites (N-methyl/N-ethyl adjacent to an activating group) is 1. The highest BCUT2D eigenvalue weighted by molar-refractivity contribution is 7.96. The molecule has 1 unspecified atom stereocenters. The van der Waals surface area contributed by atoms with Crippen LogP contribution in [0.4, 0.5) is 27.9 Å². The Morgan fingerprint density at radius 2 is 1.97 bits per heavy atom. The molecule has 3 heterocycles. The zero-order valence-electron chi connectivity index (χ0n) is 18.0. The number of hydrogen-bond acceptors (Lipinski definition) is 7. The van der Waals surface area contributed by atoms with Gasteiger partial charge < -0.3 is 10.0 Å². The molecule has 0 saturated carbocycles. The van der Waals surface area contributed by atoms with Gasteiger partial charge in [-0.3, -0.25) is 0 Å². The fraction of sp³-hybridized carbons (Fsp3) is 0.450. The molecule has 1 saturated heterocycles. The first-order chi connectivity index (χ1) is 15.5. The summed E-state index contributed by atoms with van der Waals surface area (Å²) in [6, 6.07) is 0.461. The van der Waals surface area contributed by atoms with Gasteiger partial charge in [0.1, 0.15) is 5.69 Å². The van der Waals surface area contributed by atoms with E-state index < -0.39 is 34.7 Å². The Labute approximate surface area is 190 Å². The fourth-order valence-corrected chi connectivity index (χ4v) is 4.60. The Morgan fingerprint density at radius 1 is 1.24 bits per heavy atom. The molecule has 0 bridgehead atoms. The minimum absolute atomic E-state index is 0.164. The van der Waals surface area contributed by atoms with Gasteiger partial charge in [0.15, 0.2) is 23.0 Å². The van der Waals surface area contributed by atoms with Crippen LogP contribution in [0.5, 0.6) is 5.75 Å². The number of aromatic hydroxyl groups is 1. The van der Waals surface area contributed by atoms with Gasteiger partial charge in [-0.15, -0.1) is 0 Å². The maximum absolute atomic E-state index is 14.6. The number of phenols is 1. The van der Waals surface area contributed by atoms with Gasteiger partial charge in [-0.1, -0.05) is 11.9 Å². The van der Waals surface area contributed by atoms with Crippen molar-refractivity contribution in [2.24, 2.45) is 7.05 Å². The van der Waals surface area contributed by atoms with E-state index in [-0.39, 0.29) is 22.8 Å². The van der Waals surface area contributed by atoms with Crippen LogP contribution in [-0.4, -0.2) is 61.6 Å². The minimum Gasteiger partial charge on any atom is -0.503 e. The van der Waals surface area contributed by atoms with Crippen LogP contribution in [0.3, 0.4) is 0 Å². The molecule has 1 atom stereocenters. The highest BCUT2D eigenvalue weighted by Crippen LogP contribution is 2.41. The number of piperidine rings is 1. The molecule has 7 nitrogen and oxygen atoms in total. The Morgan fingerprint density at radius 3 is 2.64 bits per heavy atom. The van der Waals surface area contributed by atoms with E-state index in [2.05, 4.69) is 19.4 Å². The lowest BCUT2D eigenvalue weighted by atomic mass is 10.0. The number of alkyl halides is 3. The molecule has 1 N–H and O–H groups in total. The first kappa shape index (κ1) is 23.5. The molecule has 2 aromatic heterocycles. The lowest BCUT2D eigenvalue weighted by Gasteiger charge is -2.36. The van der Waals surface area contributed by atoms with E-state index in [9.17, 15) is 27.1 Å². The van der Waals surface area contributed by atoms with Crippen LogP contribution < -0.4 is 4.90 Å². The summed E-state index contributed by atoms with van der Waals surface area (Å²) in [5, 5.41) is 13.9. The number of halogens is 5. The molecular formula is C20H21F5N6OS. The molecule has 178 valence electrons. The second kappa shape index (κ2) is 8.60. The van der Waals surface area contributed by atoms with Gasteiger partial charge in [0.2, 0.25) is 5.95 Å². The molecule has 1 aromatic carbocycles. The molecule has 0 aliphatic carbocycles. The number of anilines is 1. The number of fused-ring (bicyclic) bond motifs is 1. The summed E-state index contributed by atoms with van der Waals surface area (Å²) in [7, 11) is 3.37. The van der Waals surface area contributed by atoms with Crippen molar-refractivity contribution in [1.29, 1.82) is 0 Å². The van der Waals surface area contributed by atoms with E-state index in [1.807, 2.05) is 18.2 Å². The van der Waals surface area contributed by atoms with Crippen molar-refractivity contribution in [2.75, 3.05) is 31.3 Å². The van der Waals surface area contributed by atoms with E-state index in [0.717, 1.165) is 25.9 Å².